The lowest BCUT2D eigenvalue weighted by Crippen LogP contribution is -2.67. The number of ether oxygens (including phenoxy) is 2. The molecule has 24 heavy (non-hydrogen) atoms. The van der Waals surface area contributed by atoms with E-state index in [0.29, 0.717) is 17.6 Å². The summed E-state index contributed by atoms with van der Waals surface area (Å²) >= 11 is 0. The number of carbonyl (C=O) groups excluding carboxylic acids is 2. The van der Waals surface area contributed by atoms with Crippen molar-refractivity contribution in [3.63, 3.8) is 0 Å². The Morgan fingerprint density at radius 2 is 1.92 bits per heavy atom. The minimum atomic E-state index is -2.24. The summed E-state index contributed by atoms with van der Waals surface area (Å²) in [6, 6.07) is 0. The lowest BCUT2D eigenvalue weighted by atomic mass is 9.67. The zero-order valence-corrected chi connectivity index (χ0v) is 14.5. The van der Waals surface area contributed by atoms with Gasteiger partial charge in [-0.05, 0) is 25.3 Å². The Labute approximate surface area is 142 Å². The summed E-state index contributed by atoms with van der Waals surface area (Å²) in [7, 11) is 1.15. The molecule has 0 spiro atoms. The van der Waals surface area contributed by atoms with E-state index < -0.39 is 29.2 Å². The van der Waals surface area contributed by atoms with E-state index in [4.69, 9.17) is 9.47 Å². The van der Waals surface area contributed by atoms with Gasteiger partial charge in [0.2, 0.25) is 5.60 Å². The number of hydrogen-bond acceptors (Lipinski definition) is 6. The van der Waals surface area contributed by atoms with Crippen molar-refractivity contribution in [3.8, 4) is 0 Å². The van der Waals surface area contributed by atoms with Crippen LogP contribution in [0.4, 0.5) is 0 Å². The highest BCUT2D eigenvalue weighted by Crippen LogP contribution is 2.46. The molecule has 2 rings (SSSR count). The second-order valence-corrected chi connectivity index (χ2v) is 6.64. The van der Waals surface area contributed by atoms with Gasteiger partial charge in [0.05, 0.1) is 7.11 Å². The molecule has 0 bridgehead atoms. The van der Waals surface area contributed by atoms with Crippen LogP contribution in [0.5, 0.6) is 0 Å². The first-order valence-corrected chi connectivity index (χ1v) is 8.45. The predicted molar refractivity (Wildman–Crippen MR) is 87.0 cm³/mol. The van der Waals surface area contributed by atoms with Crippen molar-refractivity contribution < 1.29 is 29.3 Å². The van der Waals surface area contributed by atoms with Gasteiger partial charge in [-0.1, -0.05) is 38.7 Å². The molecule has 0 saturated heterocycles. The number of unbranched alkanes of at least 4 members (excludes halogenated alkanes) is 4. The Hall–Kier alpha value is -1.66. The van der Waals surface area contributed by atoms with Crippen molar-refractivity contribution in [2.75, 3.05) is 7.11 Å². The fraction of sp³-hybridized carbons (Fsp3) is 0.667. The number of aliphatic hydroxyl groups is 2. The van der Waals surface area contributed by atoms with Gasteiger partial charge in [0.15, 0.2) is 6.10 Å². The highest BCUT2D eigenvalue weighted by atomic mass is 16.6. The largest absolute Gasteiger partial charge is 0.467 e. The number of esters is 2. The minimum absolute atomic E-state index is 0.358. The number of fused-ring (bicyclic) bond motifs is 1. The molecule has 0 amide bonds. The third-order valence-electron chi connectivity index (χ3n) is 4.90. The van der Waals surface area contributed by atoms with Gasteiger partial charge in [0, 0.05) is 11.6 Å². The molecule has 2 N–H and O–H groups in total. The third-order valence-corrected chi connectivity index (χ3v) is 4.90. The average molecular weight is 338 g/mol. The summed E-state index contributed by atoms with van der Waals surface area (Å²) in [5, 5.41) is 21.9. The first-order chi connectivity index (χ1) is 11.3. The zero-order chi connectivity index (χ0) is 18.0. The standard InChI is InChI=1S/C18H26O6/c1-4-5-6-7-8-9-13-10-12-11-14(19)24-15(12)17(2,21)18(13,22)16(20)23-3/h10-11,15,21-22H,4-9H2,1-3H3/t15-,17+,18-/m0/s1. The fourth-order valence-corrected chi connectivity index (χ4v) is 3.46. The van der Waals surface area contributed by atoms with Crippen LogP contribution < -0.4 is 0 Å². The van der Waals surface area contributed by atoms with Crippen molar-refractivity contribution in [2.24, 2.45) is 0 Å². The SMILES string of the molecule is CCCCCCCC1=CC2=CC(=O)O[C@@H]2[C@@](C)(O)[C@@]1(O)C(=O)OC. The Kier molecular flexibility index (Phi) is 5.50. The first kappa shape index (κ1) is 18.7. The molecule has 0 aromatic rings. The number of carbonyl (C=O) groups is 2. The molecule has 0 aromatic carbocycles. The minimum Gasteiger partial charge on any atom is -0.467 e. The summed E-state index contributed by atoms with van der Waals surface area (Å²) in [5.74, 6) is -1.54. The van der Waals surface area contributed by atoms with Crippen LogP contribution in [0.1, 0.15) is 52.4 Å². The van der Waals surface area contributed by atoms with Crippen LogP contribution in [0, 0.1) is 0 Å². The Morgan fingerprint density at radius 3 is 2.54 bits per heavy atom. The van der Waals surface area contributed by atoms with E-state index in [9.17, 15) is 19.8 Å². The lowest BCUT2D eigenvalue weighted by Gasteiger charge is -2.46. The van der Waals surface area contributed by atoms with Crippen molar-refractivity contribution in [3.05, 3.63) is 23.3 Å². The first-order valence-electron chi connectivity index (χ1n) is 8.45. The third kappa shape index (κ3) is 3.00. The number of hydrogen-bond donors (Lipinski definition) is 2. The maximum Gasteiger partial charge on any atom is 0.345 e. The Balaban J connectivity index is 2.31. The van der Waals surface area contributed by atoms with Gasteiger partial charge in [-0.2, -0.15) is 0 Å². The number of rotatable bonds is 7. The summed E-state index contributed by atoms with van der Waals surface area (Å²) in [4.78, 5) is 23.8. The van der Waals surface area contributed by atoms with Crippen LogP contribution in [-0.2, 0) is 19.1 Å². The second-order valence-electron chi connectivity index (χ2n) is 6.64. The van der Waals surface area contributed by atoms with Gasteiger partial charge < -0.3 is 19.7 Å². The summed E-state index contributed by atoms with van der Waals surface area (Å²) < 4.78 is 9.81. The summed E-state index contributed by atoms with van der Waals surface area (Å²) in [5.41, 5.74) is -3.40. The van der Waals surface area contributed by atoms with E-state index in [1.54, 1.807) is 6.08 Å². The average Bonchev–Trinajstić information content (AvgIpc) is 2.92. The Bertz CT molecular complexity index is 574. The second kappa shape index (κ2) is 7.07. The summed E-state index contributed by atoms with van der Waals surface area (Å²) in [6.07, 6.45) is 7.28. The van der Waals surface area contributed by atoms with Gasteiger partial charge in [0.25, 0.3) is 0 Å². The quantitative estimate of drug-likeness (QED) is 0.543. The molecule has 0 unspecified atom stereocenters. The molecule has 3 atom stereocenters. The molecule has 134 valence electrons. The van der Waals surface area contributed by atoms with Gasteiger partial charge in [-0.25, -0.2) is 9.59 Å². The van der Waals surface area contributed by atoms with Crippen LogP contribution >= 0.6 is 0 Å². The van der Waals surface area contributed by atoms with Crippen molar-refractivity contribution in [2.45, 2.75) is 69.7 Å². The van der Waals surface area contributed by atoms with E-state index in [1.165, 1.54) is 13.0 Å². The molecule has 0 radical (unpaired) electrons. The van der Waals surface area contributed by atoms with Crippen molar-refractivity contribution in [1.29, 1.82) is 0 Å². The van der Waals surface area contributed by atoms with Gasteiger partial charge >= 0.3 is 11.9 Å². The van der Waals surface area contributed by atoms with E-state index >= 15 is 0 Å². The molecular formula is C18H26O6. The van der Waals surface area contributed by atoms with Crippen LogP contribution in [0.25, 0.3) is 0 Å². The Morgan fingerprint density at radius 1 is 1.25 bits per heavy atom. The molecule has 0 fully saturated rings. The molecule has 6 heteroatoms. The van der Waals surface area contributed by atoms with Crippen molar-refractivity contribution in [1.82, 2.24) is 0 Å². The predicted octanol–water partition coefficient (Wildman–Crippen LogP) is 1.79. The van der Waals surface area contributed by atoms with Gasteiger partial charge in [0.1, 0.15) is 5.60 Å². The zero-order valence-electron chi connectivity index (χ0n) is 14.5. The topological polar surface area (TPSA) is 93.1 Å². The molecule has 6 nitrogen and oxygen atoms in total. The van der Waals surface area contributed by atoms with Crippen LogP contribution in [0.3, 0.4) is 0 Å². The molecule has 0 saturated carbocycles. The van der Waals surface area contributed by atoms with E-state index in [1.807, 2.05) is 0 Å². The molecule has 1 heterocycles. The normalized spacial score (nSPS) is 31.9. The van der Waals surface area contributed by atoms with E-state index in [2.05, 4.69) is 6.92 Å². The van der Waals surface area contributed by atoms with Crippen LogP contribution in [0.15, 0.2) is 23.3 Å². The molecular weight excluding hydrogens is 312 g/mol. The van der Waals surface area contributed by atoms with Gasteiger partial charge in [-0.3, -0.25) is 0 Å². The van der Waals surface area contributed by atoms with Crippen LogP contribution in [0.2, 0.25) is 0 Å². The smallest absolute Gasteiger partial charge is 0.345 e. The molecule has 1 aliphatic heterocycles. The van der Waals surface area contributed by atoms with Crippen molar-refractivity contribution >= 4 is 11.9 Å². The lowest BCUT2D eigenvalue weighted by molar-refractivity contribution is -0.205. The fourth-order valence-electron chi connectivity index (χ4n) is 3.46. The van der Waals surface area contributed by atoms with Crippen LogP contribution in [-0.4, -0.2) is 46.6 Å². The summed E-state index contributed by atoms with van der Waals surface area (Å²) in [6.45, 7) is 3.42. The maximum absolute atomic E-state index is 12.3. The number of methoxy groups -OCH3 is 1. The maximum atomic E-state index is 12.3. The molecule has 2 aliphatic rings. The molecule has 1 aliphatic carbocycles. The molecule has 0 aromatic heterocycles. The monoisotopic (exact) mass is 338 g/mol. The highest BCUT2D eigenvalue weighted by molar-refractivity contribution is 5.91. The van der Waals surface area contributed by atoms with E-state index in [0.717, 1.165) is 39.2 Å². The van der Waals surface area contributed by atoms with E-state index in [-0.39, 0.29) is 0 Å². The highest BCUT2D eigenvalue weighted by Gasteiger charge is 2.64. The van der Waals surface area contributed by atoms with Gasteiger partial charge in [-0.15, -0.1) is 0 Å².